The van der Waals surface area contributed by atoms with Gasteiger partial charge in [-0.05, 0) is 68.9 Å². The van der Waals surface area contributed by atoms with Crippen molar-refractivity contribution in [2.45, 2.75) is 27.1 Å². The zero-order valence-corrected chi connectivity index (χ0v) is 34.1. The number of ether oxygens (including phenoxy) is 1. The molecule has 0 bridgehead atoms. The molecule has 0 spiro atoms. The Morgan fingerprint density at radius 2 is 1.36 bits per heavy atom. The first-order valence-corrected chi connectivity index (χ1v) is 18.5. The number of nitrogens with zero attached hydrogens (tertiary/aromatic N) is 5. The van der Waals surface area contributed by atoms with Crippen LogP contribution in [0, 0.1) is 23.9 Å². The zero-order valence-electron chi connectivity index (χ0n) is 43.9. The van der Waals surface area contributed by atoms with Crippen LogP contribution in [-0.4, -0.2) is 19.1 Å². The second kappa shape index (κ2) is 15.6. The summed E-state index contributed by atoms with van der Waals surface area (Å²) >= 11 is 0. The normalized spacial score (nSPS) is 14.7. The third-order valence-electron chi connectivity index (χ3n) is 9.50. The van der Waals surface area contributed by atoms with Crippen molar-refractivity contribution < 1.29 is 46.8 Å². The maximum Gasteiger partial charge on any atom is 0.269 e. The molecule has 7 heteroatoms. The summed E-state index contributed by atoms with van der Waals surface area (Å²) in [6.45, 7) is 5.58. The van der Waals surface area contributed by atoms with E-state index in [0.29, 0.717) is 33.7 Å². The smallest absolute Gasteiger partial charge is 0.269 e. The Morgan fingerprint density at radius 3 is 2.08 bits per heavy atom. The van der Waals surface area contributed by atoms with E-state index in [0.717, 1.165) is 16.3 Å². The van der Waals surface area contributed by atoms with Gasteiger partial charge in [0, 0.05) is 41.3 Å². The van der Waals surface area contributed by atoms with Gasteiger partial charge >= 0.3 is 0 Å². The summed E-state index contributed by atoms with van der Waals surface area (Å²) in [6.07, 6.45) is 4.79. The van der Waals surface area contributed by atoms with E-state index in [9.17, 15) is 0 Å². The van der Waals surface area contributed by atoms with Crippen LogP contribution in [0.1, 0.15) is 42.8 Å². The fourth-order valence-electron chi connectivity index (χ4n) is 7.21. The van der Waals surface area contributed by atoms with Crippen LogP contribution in [-0.2, 0) is 27.4 Å². The second-order valence-corrected chi connectivity index (χ2v) is 14.5. The minimum absolute atomic E-state index is 0. The van der Waals surface area contributed by atoms with Gasteiger partial charge in [-0.3, -0.25) is 14.1 Å². The first kappa shape index (κ1) is 26.4. The van der Waals surface area contributed by atoms with Gasteiger partial charge in [0.1, 0.15) is 5.82 Å². The monoisotopic (exact) mass is 956 g/mol. The Hall–Kier alpha value is -6.62. The van der Waals surface area contributed by atoms with Crippen LogP contribution in [0.4, 0.5) is 0 Å². The number of pyridine rings is 2. The van der Waals surface area contributed by atoms with E-state index < -0.39 is 72.2 Å². The molecule has 0 fully saturated rings. The Kier molecular flexibility index (Phi) is 6.99. The van der Waals surface area contributed by atoms with E-state index in [-0.39, 0.29) is 60.6 Å². The molecule has 0 saturated carbocycles. The van der Waals surface area contributed by atoms with Crippen molar-refractivity contribution in [3.8, 4) is 51.1 Å². The molecule has 0 unspecified atom stereocenters. The maximum atomic E-state index is 8.98. The molecular formula is C52H39N5OPt-2. The molecule has 0 N–H and O–H groups in total. The summed E-state index contributed by atoms with van der Waals surface area (Å²) in [6, 6.07) is 29.6. The summed E-state index contributed by atoms with van der Waals surface area (Å²) in [4.78, 5) is 9.34. The number of fused-ring (bicyclic) bond motifs is 4. The average Bonchev–Trinajstić information content (AvgIpc) is 3.90. The van der Waals surface area contributed by atoms with Gasteiger partial charge in [0.25, 0.3) is 6.33 Å². The fourth-order valence-corrected chi connectivity index (χ4v) is 7.21. The SMILES string of the molecule is [2H]c1c([2H])c([2H])c(-c2cccc(-c3c([2H])c([2H])c([2H])c([2H])c3[2H])c2-[n+]2[c-]n(-c3[c-]c(Oc4[c-]c5c(cc4)c4ccccc4n5-c4cc(C([2H])([2H])C(C)(C)C)ccn4)ccn3)c3ccccc32)c([2H])c1[2H].[Pt]. The van der Waals surface area contributed by atoms with Crippen molar-refractivity contribution in [3.63, 3.8) is 0 Å². The van der Waals surface area contributed by atoms with Crippen molar-refractivity contribution in [1.82, 2.24) is 19.1 Å². The van der Waals surface area contributed by atoms with Crippen LogP contribution < -0.4 is 9.30 Å². The standard InChI is InChI=1S/C52H39N5O.Pt/c1-52(2,3)34-36-27-29-54-50(31-36)57-45-22-11-10-19-43(45)44-26-25-39(32-48(44)57)58-40-28-30-53-49(33-40)55-35-56(47-24-13-12-23-46(47)55)51-41(37-15-6-4-7-16-37)20-14-21-42(51)38-17-8-5-9-18-38;/h4-31H,34H2,1-3H3;/q-2;/i4D,5D,6D,7D,8D,9D,15D,16D,17D,18D,34D2;. The van der Waals surface area contributed by atoms with Crippen LogP contribution in [0.2, 0.25) is 0 Å². The number of benzene rings is 6. The van der Waals surface area contributed by atoms with E-state index in [2.05, 4.69) is 23.4 Å². The van der Waals surface area contributed by atoms with E-state index in [1.807, 2.05) is 55.7 Å². The molecule has 0 amide bonds. The van der Waals surface area contributed by atoms with Gasteiger partial charge in [-0.15, -0.1) is 17.5 Å². The minimum Gasteiger partial charge on any atom is -0.522 e. The summed E-state index contributed by atoms with van der Waals surface area (Å²) in [5.41, 5.74) is 2.27. The maximum absolute atomic E-state index is 8.98. The molecule has 290 valence electrons. The molecule has 4 heterocycles. The Balaban J connectivity index is 0.00000624. The van der Waals surface area contributed by atoms with Crippen LogP contribution in [0.15, 0.2) is 170 Å². The van der Waals surface area contributed by atoms with Crippen LogP contribution in [0.3, 0.4) is 0 Å². The molecule has 10 rings (SSSR count). The number of para-hydroxylation sites is 4. The Labute approximate surface area is 375 Å². The van der Waals surface area contributed by atoms with Crippen LogP contribution >= 0.6 is 0 Å². The number of imidazole rings is 1. The third kappa shape index (κ3) is 7.26. The first-order valence-electron chi connectivity index (χ1n) is 24.5. The zero-order chi connectivity index (χ0) is 49.7. The Bertz CT molecular complexity index is 3670. The topological polar surface area (TPSA) is 48.8 Å². The number of aromatic nitrogens is 5. The summed E-state index contributed by atoms with van der Waals surface area (Å²) in [7, 11) is 0. The van der Waals surface area contributed by atoms with E-state index in [1.54, 1.807) is 82.1 Å². The number of hydrogen-bond donors (Lipinski definition) is 0. The van der Waals surface area contributed by atoms with Gasteiger partial charge < -0.3 is 9.30 Å². The first-order chi connectivity index (χ1) is 33.3. The number of hydrogen-bond acceptors (Lipinski definition) is 3. The van der Waals surface area contributed by atoms with Crippen molar-refractivity contribution in [3.05, 3.63) is 194 Å². The van der Waals surface area contributed by atoms with Crippen molar-refractivity contribution in [1.29, 1.82) is 0 Å². The van der Waals surface area contributed by atoms with E-state index in [1.165, 1.54) is 6.20 Å². The summed E-state index contributed by atoms with van der Waals surface area (Å²) < 4.78 is 116. The predicted octanol–water partition coefficient (Wildman–Crippen LogP) is 11.9. The molecule has 0 atom stereocenters. The van der Waals surface area contributed by atoms with Gasteiger partial charge in [-0.1, -0.05) is 154 Å². The predicted molar refractivity (Wildman–Crippen MR) is 232 cm³/mol. The van der Waals surface area contributed by atoms with Crippen LogP contribution in [0.25, 0.3) is 72.4 Å². The van der Waals surface area contributed by atoms with E-state index >= 15 is 0 Å². The molecule has 0 saturated heterocycles. The van der Waals surface area contributed by atoms with Gasteiger partial charge in [0.15, 0.2) is 0 Å². The van der Waals surface area contributed by atoms with Crippen molar-refractivity contribution in [2.24, 2.45) is 5.41 Å². The molecule has 0 aliphatic rings. The van der Waals surface area contributed by atoms with Gasteiger partial charge in [0.05, 0.1) is 36.2 Å². The molecule has 6 nitrogen and oxygen atoms in total. The van der Waals surface area contributed by atoms with Gasteiger partial charge in [-0.2, -0.15) is 18.2 Å². The molecule has 0 aliphatic heterocycles. The van der Waals surface area contributed by atoms with Gasteiger partial charge in [-0.25, -0.2) is 4.98 Å². The van der Waals surface area contributed by atoms with Crippen LogP contribution in [0.5, 0.6) is 11.5 Å². The average molecular weight is 957 g/mol. The largest absolute Gasteiger partial charge is 0.522 e. The third-order valence-corrected chi connectivity index (χ3v) is 9.50. The summed E-state index contributed by atoms with van der Waals surface area (Å²) in [5, 5.41) is 1.81. The van der Waals surface area contributed by atoms with Gasteiger partial charge in [0.2, 0.25) is 0 Å². The minimum atomic E-state index is -1.67. The number of rotatable bonds is 8. The second-order valence-electron chi connectivity index (χ2n) is 14.5. The quantitative estimate of drug-likeness (QED) is 0.113. The van der Waals surface area contributed by atoms with E-state index in [4.69, 9.17) is 26.2 Å². The molecule has 0 radical (unpaired) electrons. The van der Waals surface area contributed by atoms with Crippen molar-refractivity contribution in [2.75, 3.05) is 0 Å². The molecule has 0 aliphatic carbocycles. The van der Waals surface area contributed by atoms with Crippen molar-refractivity contribution >= 4 is 32.8 Å². The summed E-state index contributed by atoms with van der Waals surface area (Å²) in [5.74, 6) is 1.30. The Morgan fingerprint density at radius 1 is 0.695 bits per heavy atom. The molecular weight excluding hydrogens is 906 g/mol. The fraction of sp³-hybridized carbons (Fsp3) is 0.0962. The molecule has 59 heavy (non-hydrogen) atoms. The molecule has 10 aromatic rings. The molecule has 4 aromatic heterocycles. The molecule has 6 aromatic carbocycles.